The molecule has 0 radical (unpaired) electrons. The maximum absolute atomic E-state index is 12.6. The summed E-state index contributed by atoms with van der Waals surface area (Å²) in [4.78, 5) is 0.105. The predicted molar refractivity (Wildman–Crippen MR) is 97.2 cm³/mol. The summed E-state index contributed by atoms with van der Waals surface area (Å²) in [5.41, 5.74) is 0.454. The van der Waals surface area contributed by atoms with E-state index in [9.17, 15) is 8.42 Å². The average molecular weight is 365 g/mol. The Kier molecular flexibility index (Phi) is 6.52. The van der Waals surface area contributed by atoms with Crippen LogP contribution in [0.25, 0.3) is 0 Å². The summed E-state index contributed by atoms with van der Waals surface area (Å²) in [7, 11) is -3.74. The zero-order chi connectivity index (χ0) is 18.3. The van der Waals surface area contributed by atoms with Crippen LogP contribution in [-0.2, 0) is 10.0 Å². The van der Waals surface area contributed by atoms with Gasteiger partial charge in [-0.2, -0.15) is 0 Å². The lowest BCUT2D eigenvalue weighted by Crippen LogP contribution is -2.13. The highest BCUT2D eigenvalue weighted by atomic mass is 32.2. The molecule has 1 N–H and O–H groups in total. The van der Waals surface area contributed by atoms with Crippen LogP contribution in [0.2, 0.25) is 0 Å². The minimum Gasteiger partial charge on any atom is -0.494 e. The number of hydrogen-bond acceptors (Lipinski definition) is 5. The van der Waals surface area contributed by atoms with Gasteiger partial charge in [0.2, 0.25) is 0 Å². The smallest absolute Gasteiger partial charge is 0.262 e. The van der Waals surface area contributed by atoms with Gasteiger partial charge in [0.25, 0.3) is 10.0 Å². The van der Waals surface area contributed by atoms with Gasteiger partial charge < -0.3 is 14.2 Å². The molecule has 7 heteroatoms. The van der Waals surface area contributed by atoms with Crippen molar-refractivity contribution in [3.63, 3.8) is 0 Å². The van der Waals surface area contributed by atoms with Crippen molar-refractivity contribution in [1.82, 2.24) is 0 Å². The number of sulfonamides is 1. The summed E-state index contributed by atoms with van der Waals surface area (Å²) in [6.45, 7) is 7.01. The molecular weight excluding hydrogens is 342 g/mol. The van der Waals surface area contributed by atoms with Crippen LogP contribution in [0, 0.1) is 0 Å². The van der Waals surface area contributed by atoms with Crippen LogP contribution in [0.1, 0.15) is 20.8 Å². The fourth-order valence-corrected chi connectivity index (χ4v) is 3.27. The topological polar surface area (TPSA) is 73.9 Å². The quantitative estimate of drug-likeness (QED) is 0.734. The van der Waals surface area contributed by atoms with Crippen molar-refractivity contribution < 1.29 is 22.6 Å². The molecule has 136 valence electrons. The van der Waals surface area contributed by atoms with Crippen LogP contribution in [0.15, 0.2) is 47.4 Å². The maximum atomic E-state index is 12.6. The Morgan fingerprint density at radius 3 is 2.00 bits per heavy atom. The summed E-state index contributed by atoms with van der Waals surface area (Å²) in [5, 5.41) is 0. The first-order valence-electron chi connectivity index (χ1n) is 8.15. The molecule has 0 spiro atoms. The Hall–Kier alpha value is -2.41. The Morgan fingerprint density at radius 1 is 0.800 bits per heavy atom. The van der Waals surface area contributed by atoms with Gasteiger partial charge in [-0.25, -0.2) is 8.42 Å². The molecule has 2 aromatic carbocycles. The molecule has 0 fully saturated rings. The molecule has 0 saturated carbocycles. The summed E-state index contributed by atoms with van der Waals surface area (Å²) in [6.07, 6.45) is 0. The molecular formula is C18H23NO5S. The fourth-order valence-electron chi connectivity index (χ4n) is 2.20. The number of anilines is 1. The lowest BCUT2D eigenvalue weighted by molar-refractivity contribution is 0.287. The van der Waals surface area contributed by atoms with Crippen LogP contribution in [0.3, 0.4) is 0 Å². The minimum atomic E-state index is -3.74. The third-order valence-corrected chi connectivity index (χ3v) is 4.62. The molecule has 0 heterocycles. The lowest BCUT2D eigenvalue weighted by Gasteiger charge is -2.13. The number of nitrogens with one attached hydrogen (secondary N) is 1. The van der Waals surface area contributed by atoms with Crippen LogP contribution in [0.5, 0.6) is 17.2 Å². The van der Waals surface area contributed by atoms with Crippen LogP contribution < -0.4 is 18.9 Å². The summed E-state index contributed by atoms with van der Waals surface area (Å²) in [6, 6.07) is 11.3. The van der Waals surface area contributed by atoms with Crippen LogP contribution >= 0.6 is 0 Å². The first kappa shape index (κ1) is 18.9. The maximum Gasteiger partial charge on any atom is 0.262 e. The standard InChI is InChI=1S/C18H23NO5S/c1-4-22-15-9-7-14(8-10-15)19-25(20,21)16-11-12-17(23-5-2)18(13-16)24-6-3/h7-13,19H,4-6H2,1-3H3. The normalized spacial score (nSPS) is 11.0. The SMILES string of the molecule is CCOc1ccc(NS(=O)(=O)c2ccc(OCC)c(OCC)c2)cc1. The summed E-state index contributed by atoms with van der Waals surface area (Å²) in [5.74, 6) is 1.61. The molecule has 0 aliphatic rings. The van der Waals surface area contributed by atoms with Gasteiger partial charge in [0.05, 0.1) is 24.7 Å². The Balaban J connectivity index is 2.24. The van der Waals surface area contributed by atoms with E-state index in [0.29, 0.717) is 42.8 Å². The molecule has 0 atom stereocenters. The lowest BCUT2D eigenvalue weighted by atomic mass is 10.3. The first-order chi connectivity index (χ1) is 12.0. The number of rotatable bonds is 9. The Labute approximate surface area is 148 Å². The van der Waals surface area contributed by atoms with Gasteiger partial charge in [-0.05, 0) is 57.2 Å². The van der Waals surface area contributed by atoms with Crippen molar-refractivity contribution >= 4 is 15.7 Å². The number of ether oxygens (including phenoxy) is 3. The van der Waals surface area contributed by atoms with E-state index in [1.165, 1.54) is 12.1 Å². The fraction of sp³-hybridized carbons (Fsp3) is 0.333. The van der Waals surface area contributed by atoms with Crippen molar-refractivity contribution in [3.8, 4) is 17.2 Å². The van der Waals surface area contributed by atoms with E-state index in [1.54, 1.807) is 30.3 Å². The van der Waals surface area contributed by atoms with Crippen molar-refractivity contribution in [2.75, 3.05) is 24.5 Å². The third-order valence-electron chi connectivity index (χ3n) is 3.24. The number of hydrogen-bond donors (Lipinski definition) is 1. The highest BCUT2D eigenvalue weighted by molar-refractivity contribution is 7.92. The highest BCUT2D eigenvalue weighted by Gasteiger charge is 2.17. The van der Waals surface area contributed by atoms with E-state index >= 15 is 0 Å². The predicted octanol–water partition coefficient (Wildman–Crippen LogP) is 3.68. The second kappa shape index (κ2) is 8.62. The van der Waals surface area contributed by atoms with Crippen molar-refractivity contribution in [3.05, 3.63) is 42.5 Å². The van der Waals surface area contributed by atoms with E-state index in [1.807, 2.05) is 20.8 Å². The van der Waals surface area contributed by atoms with Crippen molar-refractivity contribution in [2.45, 2.75) is 25.7 Å². The monoisotopic (exact) mass is 365 g/mol. The van der Waals surface area contributed by atoms with E-state index in [2.05, 4.69) is 4.72 Å². The Bertz CT molecular complexity index is 788. The zero-order valence-corrected chi connectivity index (χ0v) is 15.4. The summed E-state index contributed by atoms with van der Waals surface area (Å²) >= 11 is 0. The van der Waals surface area contributed by atoms with Crippen molar-refractivity contribution in [2.24, 2.45) is 0 Å². The van der Waals surface area contributed by atoms with Crippen LogP contribution in [0.4, 0.5) is 5.69 Å². The molecule has 0 bridgehead atoms. The molecule has 0 aliphatic carbocycles. The highest BCUT2D eigenvalue weighted by Crippen LogP contribution is 2.31. The molecule has 25 heavy (non-hydrogen) atoms. The second-order valence-electron chi connectivity index (χ2n) is 5.04. The molecule has 0 saturated heterocycles. The van der Waals surface area contributed by atoms with E-state index in [0.717, 1.165) is 0 Å². The van der Waals surface area contributed by atoms with Gasteiger partial charge in [-0.1, -0.05) is 0 Å². The largest absolute Gasteiger partial charge is 0.494 e. The zero-order valence-electron chi connectivity index (χ0n) is 14.6. The summed E-state index contributed by atoms with van der Waals surface area (Å²) < 4.78 is 44.0. The van der Waals surface area contributed by atoms with Gasteiger partial charge in [0, 0.05) is 11.8 Å². The molecule has 2 aromatic rings. The Morgan fingerprint density at radius 2 is 1.40 bits per heavy atom. The molecule has 6 nitrogen and oxygen atoms in total. The van der Waals surface area contributed by atoms with Crippen LogP contribution in [-0.4, -0.2) is 28.2 Å². The van der Waals surface area contributed by atoms with Gasteiger partial charge in [-0.3, -0.25) is 4.72 Å². The molecule has 0 aromatic heterocycles. The van der Waals surface area contributed by atoms with Crippen molar-refractivity contribution in [1.29, 1.82) is 0 Å². The van der Waals surface area contributed by atoms with E-state index in [4.69, 9.17) is 14.2 Å². The number of benzene rings is 2. The molecule has 0 aliphatic heterocycles. The van der Waals surface area contributed by atoms with Gasteiger partial charge in [0.15, 0.2) is 11.5 Å². The molecule has 2 rings (SSSR count). The molecule has 0 amide bonds. The van der Waals surface area contributed by atoms with Gasteiger partial charge in [-0.15, -0.1) is 0 Å². The van der Waals surface area contributed by atoms with E-state index in [-0.39, 0.29) is 4.90 Å². The average Bonchev–Trinajstić information content (AvgIpc) is 2.58. The van der Waals surface area contributed by atoms with Gasteiger partial charge in [0.1, 0.15) is 5.75 Å². The third kappa shape index (κ3) is 5.03. The minimum absolute atomic E-state index is 0.105. The van der Waals surface area contributed by atoms with E-state index < -0.39 is 10.0 Å². The van der Waals surface area contributed by atoms with Gasteiger partial charge >= 0.3 is 0 Å². The second-order valence-corrected chi connectivity index (χ2v) is 6.72. The first-order valence-corrected chi connectivity index (χ1v) is 9.63. The molecule has 0 unspecified atom stereocenters.